The summed E-state index contributed by atoms with van der Waals surface area (Å²) in [6, 6.07) is 16.5. The smallest absolute Gasteiger partial charge is 0.335 e. The summed E-state index contributed by atoms with van der Waals surface area (Å²) < 4.78 is 5.88. The van der Waals surface area contributed by atoms with Crippen molar-refractivity contribution < 1.29 is 19.2 Å². The number of hydrogen-bond acceptors (Lipinski definition) is 5. The van der Waals surface area contributed by atoms with Crippen LogP contribution in [-0.4, -0.2) is 35.1 Å². The molecule has 1 atom stereocenters. The van der Waals surface area contributed by atoms with Crippen LogP contribution in [0.3, 0.4) is 0 Å². The average Bonchev–Trinajstić information content (AvgIpc) is 3.28. The van der Waals surface area contributed by atoms with Crippen molar-refractivity contribution in [2.45, 2.75) is 26.2 Å². The normalized spacial score (nSPS) is 17.1. The molecule has 6 rings (SSSR count). The number of aromatic carboxylic acids is 1. The summed E-state index contributed by atoms with van der Waals surface area (Å²) in [4.78, 5) is 27.4. The predicted molar refractivity (Wildman–Crippen MR) is 130 cm³/mol. The van der Waals surface area contributed by atoms with Crippen LogP contribution >= 0.6 is 0 Å². The summed E-state index contributed by atoms with van der Waals surface area (Å²) in [7, 11) is 0. The standard InChI is InChI=1S/C28H24N2O4/c1-16-5-4-12-30(15-16)22-14-19(13-17-8-10-18(11-9-17)28(32)33)23-24-25(22)29-34-27(24)21-7-3-2-6-20(21)26(23)31/h2-3,6-11,14,16H,4-5,12-13,15H2,1H3,(H,32,33). The SMILES string of the molecule is CC1CCCN(c2cc(Cc3ccc(C(=O)O)cc3)c3c4c(onc24)-c2ccccc2C3=O)C1. The van der Waals surface area contributed by atoms with Gasteiger partial charge < -0.3 is 14.5 Å². The summed E-state index contributed by atoms with van der Waals surface area (Å²) in [5.74, 6) is 0.254. The van der Waals surface area contributed by atoms with Crippen LogP contribution in [0.5, 0.6) is 0 Å². The molecule has 34 heavy (non-hydrogen) atoms. The molecule has 0 saturated carbocycles. The Hall–Kier alpha value is -3.93. The molecule has 2 heterocycles. The van der Waals surface area contributed by atoms with E-state index in [0.29, 0.717) is 29.2 Å². The van der Waals surface area contributed by atoms with E-state index in [4.69, 9.17) is 4.52 Å². The Morgan fingerprint density at radius 2 is 1.91 bits per heavy atom. The van der Waals surface area contributed by atoms with Gasteiger partial charge in [-0.05, 0) is 54.5 Å². The molecule has 1 saturated heterocycles. The van der Waals surface area contributed by atoms with Crippen LogP contribution in [0, 0.1) is 5.92 Å². The number of carbonyl (C=O) groups is 2. The quantitative estimate of drug-likeness (QED) is 0.384. The maximum Gasteiger partial charge on any atom is 0.335 e. The van der Waals surface area contributed by atoms with E-state index >= 15 is 0 Å². The van der Waals surface area contributed by atoms with E-state index in [1.807, 2.05) is 36.4 Å². The maximum absolute atomic E-state index is 13.7. The highest BCUT2D eigenvalue weighted by Crippen LogP contribution is 2.45. The van der Waals surface area contributed by atoms with Gasteiger partial charge in [-0.3, -0.25) is 4.79 Å². The lowest BCUT2D eigenvalue weighted by atomic mass is 9.83. The van der Waals surface area contributed by atoms with Gasteiger partial charge in [0.1, 0.15) is 5.52 Å². The molecule has 2 aliphatic rings. The van der Waals surface area contributed by atoms with E-state index < -0.39 is 5.97 Å². The average molecular weight is 453 g/mol. The molecule has 1 aromatic heterocycles. The van der Waals surface area contributed by atoms with Crippen LogP contribution in [0.2, 0.25) is 0 Å². The van der Waals surface area contributed by atoms with E-state index in [0.717, 1.165) is 52.8 Å². The maximum atomic E-state index is 13.7. The van der Waals surface area contributed by atoms with E-state index in [1.54, 1.807) is 12.1 Å². The number of piperidine rings is 1. The first-order valence-electron chi connectivity index (χ1n) is 11.7. The van der Waals surface area contributed by atoms with Gasteiger partial charge >= 0.3 is 5.97 Å². The van der Waals surface area contributed by atoms with Crippen molar-refractivity contribution >= 4 is 28.3 Å². The lowest BCUT2D eigenvalue weighted by molar-refractivity contribution is 0.0696. The van der Waals surface area contributed by atoms with E-state index in [1.165, 1.54) is 6.42 Å². The third-order valence-electron chi connectivity index (χ3n) is 7.05. The van der Waals surface area contributed by atoms with Crippen LogP contribution in [0.15, 0.2) is 59.1 Å². The minimum absolute atomic E-state index is 0.0213. The van der Waals surface area contributed by atoms with Crippen molar-refractivity contribution in [1.82, 2.24) is 5.16 Å². The molecule has 1 aliphatic carbocycles. The van der Waals surface area contributed by atoms with Gasteiger partial charge in [0, 0.05) is 29.8 Å². The molecule has 1 N–H and O–H groups in total. The number of hydrogen-bond donors (Lipinski definition) is 1. The number of anilines is 1. The van der Waals surface area contributed by atoms with E-state index in [2.05, 4.69) is 23.0 Å². The molecule has 0 bridgehead atoms. The van der Waals surface area contributed by atoms with Gasteiger partial charge in [-0.1, -0.05) is 48.5 Å². The zero-order valence-electron chi connectivity index (χ0n) is 18.9. The highest BCUT2D eigenvalue weighted by molar-refractivity contribution is 6.26. The molecule has 170 valence electrons. The summed E-state index contributed by atoms with van der Waals surface area (Å²) in [5.41, 5.74) is 5.89. The highest BCUT2D eigenvalue weighted by Gasteiger charge is 2.34. The van der Waals surface area contributed by atoms with Gasteiger partial charge in [-0.25, -0.2) is 4.79 Å². The predicted octanol–water partition coefficient (Wildman–Crippen LogP) is 5.56. The van der Waals surface area contributed by atoms with Crippen molar-refractivity contribution in [2.75, 3.05) is 18.0 Å². The molecule has 1 aliphatic heterocycles. The molecule has 3 aromatic carbocycles. The van der Waals surface area contributed by atoms with Crippen molar-refractivity contribution in [3.8, 4) is 11.3 Å². The Bertz CT molecular complexity index is 1450. The van der Waals surface area contributed by atoms with Crippen LogP contribution in [0.4, 0.5) is 5.69 Å². The number of benzene rings is 3. The minimum atomic E-state index is -0.953. The summed E-state index contributed by atoms with van der Waals surface area (Å²) in [6.45, 7) is 4.14. The number of carbonyl (C=O) groups excluding carboxylic acids is 1. The molecular formula is C28H24N2O4. The van der Waals surface area contributed by atoms with Crippen LogP contribution in [-0.2, 0) is 6.42 Å². The van der Waals surface area contributed by atoms with Crippen molar-refractivity contribution in [1.29, 1.82) is 0 Å². The Morgan fingerprint density at radius 1 is 1.15 bits per heavy atom. The van der Waals surface area contributed by atoms with Gasteiger partial charge in [0.2, 0.25) is 0 Å². The highest BCUT2D eigenvalue weighted by atomic mass is 16.5. The van der Waals surface area contributed by atoms with E-state index in [-0.39, 0.29) is 11.3 Å². The fraction of sp³-hybridized carbons (Fsp3) is 0.250. The number of carboxylic acid groups (broad SMARTS) is 1. The lowest BCUT2D eigenvalue weighted by Crippen LogP contribution is -2.34. The summed E-state index contributed by atoms with van der Waals surface area (Å²) >= 11 is 0. The largest absolute Gasteiger partial charge is 0.478 e. The fourth-order valence-electron chi connectivity index (χ4n) is 5.39. The van der Waals surface area contributed by atoms with Gasteiger partial charge in [0.05, 0.1) is 16.6 Å². The second-order valence-corrected chi connectivity index (χ2v) is 9.41. The van der Waals surface area contributed by atoms with Gasteiger partial charge in [0.25, 0.3) is 0 Å². The van der Waals surface area contributed by atoms with Gasteiger partial charge in [-0.15, -0.1) is 0 Å². The Balaban J connectivity index is 1.56. The first-order valence-corrected chi connectivity index (χ1v) is 11.7. The Kier molecular flexibility index (Phi) is 4.76. The Labute approximate surface area is 196 Å². The number of fused-ring (bicyclic) bond motifs is 2. The van der Waals surface area contributed by atoms with Crippen molar-refractivity contribution in [2.24, 2.45) is 5.92 Å². The third kappa shape index (κ3) is 3.21. The first kappa shape index (κ1) is 20.7. The van der Waals surface area contributed by atoms with Crippen molar-refractivity contribution in [3.63, 3.8) is 0 Å². The molecule has 4 aromatic rings. The molecule has 1 fully saturated rings. The van der Waals surface area contributed by atoms with Gasteiger partial charge in [-0.2, -0.15) is 0 Å². The minimum Gasteiger partial charge on any atom is -0.478 e. The molecule has 6 nitrogen and oxygen atoms in total. The van der Waals surface area contributed by atoms with Crippen molar-refractivity contribution in [3.05, 3.63) is 82.4 Å². The third-order valence-corrected chi connectivity index (χ3v) is 7.05. The topological polar surface area (TPSA) is 83.6 Å². The summed E-state index contributed by atoms with van der Waals surface area (Å²) in [6.07, 6.45) is 2.83. The Morgan fingerprint density at radius 3 is 2.65 bits per heavy atom. The number of rotatable bonds is 4. The number of nitrogens with zero attached hydrogens (tertiary/aromatic N) is 2. The van der Waals surface area contributed by atoms with Crippen LogP contribution in [0.25, 0.3) is 22.2 Å². The fourth-order valence-corrected chi connectivity index (χ4v) is 5.39. The second kappa shape index (κ2) is 7.83. The number of ketones is 1. The number of aromatic nitrogens is 1. The van der Waals surface area contributed by atoms with Crippen LogP contribution in [0.1, 0.15) is 57.2 Å². The summed E-state index contributed by atoms with van der Waals surface area (Å²) in [5, 5.41) is 14.5. The zero-order valence-corrected chi connectivity index (χ0v) is 18.9. The molecule has 1 unspecified atom stereocenters. The molecular weight excluding hydrogens is 428 g/mol. The lowest BCUT2D eigenvalue weighted by Gasteiger charge is -2.33. The zero-order chi connectivity index (χ0) is 23.4. The molecule has 6 heteroatoms. The van der Waals surface area contributed by atoms with Crippen LogP contribution < -0.4 is 4.90 Å². The molecule has 0 spiro atoms. The number of carboxylic acids is 1. The van der Waals surface area contributed by atoms with Gasteiger partial charge in [0.15, 0.2) is 11.5 Å². The second-order valence-electron chi connectivity index (χ2n) is 9.41. The molecule has 0 amide bonds. The molecule has 0 radical (unpaired) electrons. The monoisotopic (exact) mass is 452 g/mol. The first-order chi connectivity index (χ1) is 16.5. The van der Waals surface area contributed by atoms with E-state index in [9.17, 15) is 14.7 Å².